The third-order valence-electron chi connectivity index (χ3n) is 5.07. The van der Waals surface area contributed by atoms with Crippen molar-refractivity contribution in [3.63, 3.8) is 0 Å². The van der Waals surface area contributed by atoms with Crippen LogP contribution in [-0.2, 0) is 4.79 Å². The van der Waals surface area contributed by atoms with Gasteiger partial charge >= 0.3 is 0 Å². The van der Waals surface area contributed by atoms with Crippen LogP contribution < -0.4 is 0 Å². The zero-order valence-electron chi connectivity index (χ0n) is 15.5. The fraction of sp³-hybridized carbons (Fsp3) is 0.318. The molecule has 0 unspecified atom stereocenters. The molecule has 0 radical (unpaired) electrons. The van der Waals surface area contributed by atoms with E-state index in [1.807, 2.05) is 59.5 Å². The Kier molecular flexibility index (Phi) is 5.39. The Morgan fingerprint density at radius 1 is 1.04 bits per heavy atom. The van der Waals surface area contributed by atoms with Gasteiger partial charge in [0.1, 0.15) is 5.03 Å². The molecule has 0 bridgehead atoms. The van der Waals surface area contributed by atoms with Crippen LogP contribution >= 0.6 is 11.8 Å². The highest BCUT2D eigenvalue weighted by Gasteiger charge is 2.21. The van der Waals surface area contributed by atoms with E-state index in [1.165, 1.54) is 11.8 Å². The fourth-order valence-electron chi connectivity index (χ4n) is 3.35. The van der Waals surface area contributed by atoms with Gasteiger partial charge in [-0.1, -0.05) is 67.2 Å². The predicted molar refractivity (Wildman–Crippen MR) is 111 cm³/mol. The standard InChI is InChI=1S/C22H23N3OS/c1-16-11-13-25(14-12-16)20(26)15-27-22-18-9-5-6-10-19(18)23-21(24-22)17-7-3-2-4-8-17/h2-10,16H,11-15H2,1H3. The fourth-order valence-corrected chi connectivity index (χ4v) is 4.28. The second-order valence-electron chi connectivity index (χ2n) is 7.09. The lowest BCUT2D eigenvalue weighted by Crippen LogP contribution is -2.38. The van der Waals surface area contributed by atoms with Crippen molar-refractivity contribution < 1.29 is 4.79 Å². The number of amides is 1. The Balaban J connectivity index is 1.58. The van der Waals surface area contributed by atoms with Crippen LogP contribution in [0.1, 0.15) is 19.8 Å². The van der Waals surface area contributed by atoms with Gasteiger partial charge in [0.2, 0.25) is 5.91 Å². The summed E-state index contributed by atoms with van der Waals surface area (Å²) in [7, 11) is 0. The van der Waals surface area contributed by atoms with Crippen molar-refractivity contribution in [2.24, 2.45) is 5.92 Å². The summed E-state index contributed by atoms with van der Waals surface area (Å²) in [5, 5.41) is 1.88. The SMILES string of the molecule is CC1CCN(C(=O)CSc2nc(-c3ccccc3)nc3ccccc23)CC1. The van der Waals surface area contributed by atoms with Crippen LogP contribution in [0.15, 0.2) is 59.6 Å². The van der Waals surface area contributed by atoms with Crippen molar-refractivity contribution in [2.75, 3.05) is 18.8 Å². The number of fused-ring (bicyclic) bond motifs is 1. The van der Waals surface area contributed by atoms with Crippen molar-refractivity contribution in [1.29, 1.82) is 0 Å². The van der Waals surface area contributed by atoms with Crippen LogP contribution in [0.3, 0.4) is 0 Å². The van der Waals surface area contributed by atoms with E-state index in [1.54, 1.807) is 0 Å². The summed E-state index contributed by atoms with van der Waals surface area (Å²) >= 11 is 1.52. The molecule has 0 atom stereocenters. The Bertz CT molecular complexity index is 937. The van der Waals surface area contributed by atoms with Gasteiger partial charge in [0, 0.05) is 24.0 Å². The van der Waals surface area contributed by atoms with E-state index in [4.69, 9.17) is 9.97 Å². The van der Waals surface area contributed by atoms with Crippen LogP contribution in [0.25, 0.3) is 22.3 Å². The molecule has 3 aromatic rings. The van der Waals surface area contributed by atoms with Crippen LogP contribution in [-0.4, -0.2) is 39.6 Å². The number of benzene rings is 2. The van der Waals surface area contributed by atoms with Gasteiger partial charge in [0.05, 0.1) is 11.3 Å². The van der Waals surface area contributed by atoms with Gasteiger partial charge < -0.3 is 4.90 Å². The summed E-state index contributed by atoms with van der Waals surface area (Å²) in [4.78, 5) is 24.1. The molecule has 27 heavy (non-hydrogen) atoms. The van der Waals surface area contributed by atoms with Gasteiger partial charge in [-0.2, -0.15) is 0 Å². The van der Waals surface area contributed by atoms with E-state index in [2.05, 4.69) is 6.92 Å². The number of hydrogen-bond acceptors (Lipinski definition) is 4. The first-order valence-corrected chi connectivity index (χ1v) is 10.4. The molecule has 1 saturated heterocycles. The van der Waals surface area contributed by atoms with Gasteiger partial charge in [-0.3, -0.25) is 4.79 Å². The number of piperidine rings is 1. The summed E-state index contributed by atoms with van der Waals surface area (Å²) in [6.07, 6.45) is 2.20. The number of thioether (sulfide) groups is 1. The number of rotatable bonds is 4. The van der Waals surface area contributed by atoms with Gasteiger partial charge in [-0.15, -0.1) is 0 Å². The molecule has 0 N–H and O–H groups in total. The largest absolute Gasteiger partial charge is 0.342 e. The van der Waals surface area contributed by atoms with Gasteiger partial charge in [0.25, 0.3) is 0 Å². The Hall–Kier alpha value is -2.40. The lowest BCUT2D eigenvalue weighted by Gasteiger charge is -2.30. The highest BCUT2D eigenvalue weighted by atomic mass is 32.2. The number of aromatic nitrogens is 2. The maximum Gasteiger partial charge on any atom is 0.232 e. The van der Waals surface area contributed by atoms with Crippen molar-refractivity contribution in [3.8, 4) is 11.4 Å². The van der Waals surface area contributed by atoms with Crippen LogP contribution in [0.5, 0.6) is 0 Å². The summed E-state index contributed by atoms with van der Waals surface area (Å²) in [5.74, 6) is 2.05. The lowest BCUT2D eigenvalue weighted by molar-refractivity contribution is -0.129. The number of para-hydroxylation sites is 1. The number of likely N-dealkylation sites (tertiary alicyclic amines) is 1. The lowest BCUT2D eigenvalue weighted by atomic mass is 9.99. The number of hydrogen-bond donors (Lipinski definition) is 0. The topological polar surface area (TPSA) is 46.1 Å². The molecule has 1 fully saturated rings. The Morgan fingerprint density at radius 2 is 1.74 bits per heavy atom. The first kappa shape index (κ1) is 18.0. The van der Waals surface area contributed by atoms with Gasteiger partial charge in [-0.25, -0.2) is 9.97 Å². The van der Waals surface area contributed by atoms with E-state index in [0.29, 0.717) is 11.6 Å². The van der Waals surface area contributed by atoms with Gasteiger partial charge in [-0.05, 0) is 24.8 Å². The minimum Gasteiger partial charge on any atom is -0.342 e. The van der Waals surface area contributed by atoms with Crippen molar-refractivity contribution in [1.82, 2.24) is 14.9 Å². The maximum atomic E-state index is 12.6. The second kappa shape index (κ2) is 8.09. The van der Waals surface area contributed by atoms with Crippen molar-refractivity contribution in [2.45, 2.75) is 24.8 Å². The summed E-state index contributed by atoms with van der Waals surface area (Å²) in [6.45, 7) is 4.01. The molecule has 138 valence electrons. The van der Waals surface area contributed by atoms with Crippen molar-refractivity contribution >= 4 is 28.6 Å². The molecular formula is C22H23N3OS. The average Bonchev–Trinajstić information content (AvgIpc) is 2.72. The third-order valence-corrected chi connectivity index (χ3v) is 6.04. The summed E-state index contributed by atoms with van der Waals surface area (Å²) in [5.41, 5.74) is 1.90. The highest BCUT2D eigenvalue weighted by Crippen LogP contribution is 2.29. The summed E-state index contributed by atoms with van der Waals surface area (Å²) in [6, 6.07) is 18.0. The second-order valence-corrected chi connectivity index (χ2v) is 8.05. The molecule has 0 saturated carbocycles. The molecule has 2 heterocycles. The molecule has 0 aliphatic carbocycles. The molecule has 0 spiro atoms. The van der Waals surface area contributed by atoms with E-state index in [9.17, 15) is 4.79 Å². The van der Waals surface area contributed by atoms with Crippen LogP contribution in [0.2, 0.25) is 0 Å². The zero-order valence-corrected chi connectivity index (χ0v) is 16.3. The molecule has 4 nitrogen and oxygen atoms in total. The first-order valence-electron chi connectivity index (χ1n) is 9.43. The Morgan fingerprint density at radius 3 is 2.52 bits per heavy atom. The quantitative estimate of drug-likeness (QED) is 0.490. The number of nitrogens with zero attached hydrogens (tertiary/aromatic N) is 3. The summed E-state index contributed by atoms with van der Waals surface area (Å²) < 4.78 is 0. The third kappa shape index (κ3) is 4.14. The molecule has 4 rings (SSSR count). The number of carbonyl (C=O) groups excluding carboxylic acids is 1. The Labute approximate surface area is 164 Å². The van der Waals surface area contributed by atoms with E-state index < -0.39 is 0 Å². The molecule has 1 amide bonds. The minimum atomic E-state index is 0.204. The van der Waals surface area contributed by atoms with E-state index in [0.717, 1.165) is 53.3 Å². The van der Waals surface area contributed by atoms with Crippen molar-refractivity contribution in [3.05, 3.63) is 54.6 Å². The van der Waals surface area contributed by atoms with Crippen LogP contribution in [0.4, 0.5) is 0 Å². The normalized spacial score (nSPS) is 15.2. The predicted octanol–water partition coefficient (Wildman–Crippen LogP) is 4.65. The smallest absolute Gasteiger partial charge is 0.232 e. The van der Waals surface area contributed by atoms with E-state index in [-0.39, 0.29) is 5.91 Å². The molecule has 5 heteroatoms. The van der Waals surface area contributed by atoms with Crippen LogP contribution in [0, 0.1) is 5.92 Å². The average molecular weight is 378 g/mol. The molecular weight excluding hydrogens is 354 g/mol. The highest BCUT2D eigenvalue weighted by molar-refractivity contribution is 8.00. The molecule has 2 aromatic carbocycles. The molecule has 1 aliphatic rings. The zero-order chi connectivity index (χ0) is 18.6. The minimum absolute atomic E-state index is 0.204. The van der Waals surface area contributed by atoms with Gasteiger partial charge in [0.15, 0.2) is 5.82 Å². The molecule has 1 aliphatic heterocycles. The van der Waals surface area contributed by atoms with E-state index >= 15 is 0 Å². The number of carbonyl (C=O) groups is 1. The first-order chi connectivity index (χ1) is 13.2. The maximum absolute atomic E-state index is 12.6. The molecule has 1 aromatic heterocycles. The monoisotopic (exact) mass is 377 g/mol.